The predicted molar refractivity (Wildman–Crippen MR) is 90.3 cm³/mol. The largest absolute Gasteiger partial charge is 0.416 e. The maximum atomic E-state index is 13.1. The summed E-state index contributed by atoms with van der Waals surface area (Å²) in [5, 5.41) is 0. The van der Waals surface area contributed by atoms with Gasteiger partial charge in [-0.25, -0.2) is 0 Å². The highest BCUT2D eigenvalue weighted by Crippen LogP contribution is 2.39. The van der Waals surface area contributed by atoms with Crippen LogP contribution < -0.4 is 0 Å². The van der Waals surface area contributed by atoms with Crippen LogP contribution in [0.1, 0.15) is 36.8 Å². The normalized spacial score (nSPS) is 23.2. The molecule has 4 nitrogen and oxygen atoms in total. The van der Waals surface area contributed by atoms with Gasteiger partial charge < -0.3 is 9.80 Å². The van der Waals surface area contributed by atoms with E-state index in [2.05, 4.69) is 0 Å². The first-order valence-electron chi connectivity index (χ1n) is 8.93. The molecule has 0 N–H and O–H groups in total. The van der Waals surface area contributed by atoms with Gasteiger partial charge in [-0.2, -0.15) is 13.2 Å². The number of likely N-dealkylation sites (tertiary alicyclic amines) is 1. The standard InChI is InChI=1S/C19H23F3N2O2/c1-3-23(2)18(26)16-11-24(17(25)12-7-8-12)10-15(16)13-5-4-6-14(9-13)19(20,21)22/h4-6,9,12,15-16H,3,7-8,10-11H2,1-2H3/t15-,16+/m1/s1. The van der Waals surface area contributed by atoms with Gasteiger partial charge >= 0.3 is 6.18 Å². The van der Waals surface area contributed by atoms with Crippen LogP contribution >= 0.6 is 0 Å². The molecular weight excluding hydrogens is 345 g/mol. The van der Waals surface area contributed by atoms with Gasteiger partial charge in [-0.3, -0.25) is 9.59 Å². The van der Waals surface area contributed by atoms with Gasteiger partial charge in [-0.15, -0.1) is 0 Å². The molecule has 0 radical (unpaired) electrons. The molecule has 2 fully saturated rings. The fourth-order valence-corrected chi connectivity index (χ4v) is 3.54. The quantitative estimate of drug-likeness (QED) is 0.819. The van der Waals surface area contributed by atoms with Gasteiger partial charge in [0.1, 0.15) is 0 Å². The highest BCUT2D eigenvalue weighted by atomic mass is 19.4. The van der Waals surface area contributed by atoms with Gasteiger partial charge in [0.05, 0.1) is 11.5 Å². The molecule has 7 heteroatoms. The number of alkyl halides is 3. The molecular formula is C19H23F3N2O2. The van der Waals surface area contributed by atoms with Gasteiger partial charge in [-0.1, -0.05) is 18.2 Å². The lowest BCUT2D eigenvalue weighted by Gasteiger charge is -2.23. The van der Waals surface area contributed by atoms with Crippen molar-refractivity contribution >= 4 is 11.8 Å². The molecule has 1 aromatic carbocycles. The minimum Gasteiger partial charge on any atom is -0.346 e. The molecule has 3 rings (SSSR count). The van der Waals surface area contributed by atoms with Crippen molar-refractivity contribution in [1.82, 2.24) is 9.80 Å². The number of rotatable bonds is 4. The molecule has 1 saturated carbocycles. The molecule has 2 atom stereocenters. The summed E-state index contributed by atoms with van der Waals surface area (Å²) < 4.78 is 39.2. The van der Waals surface area contributed by atoms with Crippen molar-refractivity contribution in [2.75, 3.05) is 26.7 Å². The van der Waals surface area contributed by atoms with Crippen LogP contribution in [0.4, 0.5) is 13.2 Å². The van der Waals surface area contributed by atoms with Crippen LogP contribution in [0.5, 0.6) is 0 Å². The minimum absolute atomic E-state index is 0.0231. The second kappa shape index (κ2) is 6.93. The van der Waals surface area contributed by atoms with Crippen LogP contribution in [0.25, 0.3) is 0 Å². The number of amides is 2. The van der Waals surface area contributed by atoms with Crippen LogP contribution in [-0.4, -0.2) is 48.3 Å². The molecule has 2 aliphatic rings. The zero-order valence-electron chi connectivity index (χ0n) is 14.9. The van der Waals surface area contributed by atoms with Crippen molar-refractivity contribution in [1.29, 1.82) is 0 Å². The summed E-state index contributed by atoms with van der Waals surface area (Å²) in [6, 6.07) is 5.13. The van der Waals surface area contributed by atoms with Gasteiger partial charge in [0, 0.05) is 38.5 Å². The maximum Gasteiger partial charge on any atom is 0.416 e. The van der Waals surface area contributed by atoms with Crippen LogP contribution in [0, 0.1) is 11.8 Å². The molecule has 26 heavy (non-hydrogen) atoms. The first-order chi connectivity index (χ1) is 12.2. The highest BCUT2D eigenvalue weighted by molar-refractivity contribution is 5.85. The Labute approximate surface area is 151 Å². The van der Waals surface area contributed by atoms with E-state index in [1.54, 1.807) is 22.9 Å². The van der Waals surface area contributed by atoms with Crippen molar-refractivity contribution in [3.05, 3.63) is 35.4 Å². The van der Waals surface area contributed by atoms with Gasteiger partial charge in [0.25, 0.3) is 0 Å². The van der Waals surface area contributed by atoms with E-state index >= 15 is 0 Å². The molecule has 2 amide bonds. The zero-order chi connectivity index (χ0) is 19.1. The Morgan fingerprint density at radius 2 is 1.92 bits per heavy atom. The lowest BCUT2D eigenvalue weighted by atomic mass is 9.87. The van der Waals surface area contributed by atoms with Gasteiger partial charge in [0.15, 0.2) is 0 Å². The number of hydrogen-bond donors (Lipinski definition) is 0. The van der Waals surface area contributed by atoms with E-state index in [0.29, 0.717) is 18.7 Å². The molecule has 1 aromatic rings. The first-order valence-corrected chi connectivity index (χ1v) is 8.93. The first kappa shape index (κ1) is 18.7. The molecule has 0 aromatic heterocycles. The molecule has 1 heterocycles. The lowest BCUT2D eigenvalue weighted by molar-refractivity contribution is -0.137. The topological polar surface area (TPSA) is 40.6 Å². The van der Waals surface area contributed by atoms with Gasteiger partial charge in [-0.05, 0) is 31.4 Å². The Morgan fingerprint density at radius 3 is 2.50 bits per heavy atom. The molecule has 0 unspecified atom stereocenters. The summed E-state index contributed by atoms with van der Waals surface area (Å²) in [7, 11) is 1.68. The van der Waals surface area contributed by atoms with Gasteiger partial charge in [0.2, 0.25) is 11.8 Å². The molecule has 1 aliphatic heterocycles. The van der Waals surface area contributed by atoms with E-state index in [9.17, 15) is 22.8 Å². The van der Waals surface area contributed by atoms with Crippen molar-refractivity contribution in [2.24, 2.45) is 11.8 Å². The summed E-state index contributed by atoms with van der Waals surface area (Å²) >= 11 is 0. The predicted octanol–water partition coefficient (Wildman–Crippen LogP) is 3.14. The van der Waals surface area contributed by atoms with Crippen molar-refractivity contribution in [2.45, 2.75) is 31.9 Å². The van der Waals surface area contributed by atoms with Crippen LogP contribution in [0.2, 0.25) is 0 Å². The Balaban J connectivity index is 1.90. The van der Waals surface area contributed by atoms with Crippen LogP contribution in [0.15, 0.2) is 24.3 Å². The molecule has 1 aliphatic carbocycles. The number of benzene rings is 1. The average Bonchev–Trinajstić information content (AvgIpc) is 3.37. The van der Waals surface area contributed by atoms with E-state index < -0.39 is 23.6 Å². The smallest absolute Gasteiger partial charge is 0.346 e. The third-order valence-electron chi connectivity index (χ3n) is 5.37. The Hall–Kier alpha value is -2.05. The van der Waals surface area contributed by atoms with E-state index in [1.807, 2.05) is 6.92 Å². The third kappa shape index (κ3) is 3.71. The molecule has 0 bridgehead atoms. The minimum atomic E-state index is -4.43. The van der Waals surface area contributed by atoms with Crippen LogP contribution in [0.3, 0.4) is 0 Å². The molecule has 142 valence electrons. The SMILES string of the molecule is CCN(C)C(=O)[C@H]1CN(C(=O)C2CC2)C[C@@H]1c1cccc(C(F)(F)F)c1. The number of hydrogen-bond acceptors (Lipinski definition) is 2. The van der Waals surface area contributed by atoms with E-state index in [1.165, 1.54) is 6.07 Å². The molecule has 1 saturated heterocycles. The summed E-state index contributed by atoms with van der Waals surface area (Å²) in [4.78, 5) is 28.4. The Bertz CT molecular complexity index is 700. The van der Waals surface area contributed by atoms with E-state index in [4.69, 9.17) is 0 Å². The van der Waals surface area contributed by atoms with Crippen molar-refractivity contribution in [3.63, 3.8) is 0 Å². The fraction of sp³-hybridized carbons (Fsp3) is 0.579. The second-order valence-corrected chi connectivity index (χ2v) is 7.21. The van der Waals surface area contributed by atoms with E-state index in [-0.39, 0.29) is 24.3 Å². The van der Waals surface area contributed by atoms with Crippen molar-refractivity contribution in [3.8, 4) is 0 Å². The summed E-state index contributed by atoms with van der Waals surface area (Å²) in [5.74, 6) is -1.00. The fourth-order valence-electron chi connectivity index (χ4n) is 3.54. The lowest BCUT2D eigenvalue weighted by Crippen LogP contribution is -2.37. The number of halogens is 3. The number of carbonyl (C=O) groups is 2. The monoisotopic (exact) mass is 368 g/mol. The molecule has 0 spiro atoms. The third-order valence-corrected chi connectivity index (χ3v) is 5.37. The Morgan fingerprint density at radius 1 is 1.23 bits per heavy atom. The van der Waals surface area contributed by atoms with Crippen molar-refractivity contribution < 1.29 is 22.8 Å². The summed E-state index contributed by atoms with van der Waals surface area (Å²) in [5.41, 5.74) is -0.259. The average molecular weight is 368 g/mol. The van der Waals surface area contributed by atoms with Crippen LogP contribution in [-0.2, 0) is 15.8 Å². The summed E-state index contributed by atoms with van der Waals surface area (Å²) in [6.45, 7) is 2.94. The number of carbonyl (C=O) groups excluding carboxylic acids is 2. The van der Waals surface area contributed by atoms with E-state index in [0.717, 1.165) is 25.0 Å². The summed E-state index contributed by atoms with van der Waals surface area (Å²) in [6.07, 6.45) is -2.72. The maximum absolute atomic E-state index is 13.1. The second-order valence-electron chi connectivity index (χ2n) is 7.21. The number of nitrogens with zero attached hydrogens (tertiary/aromatic N) is 2. The highest BCUT2D eigenvalue weighted by Gasteiger charge is 2.45. The zero-order valence-corrected chi connectivity index (χ0v) is 14.9. The Kier molecular flexibility index (Phi) is 4.99.